The normalized spacial score (nSPS) is 16.3. The Bertz CT molecular complexity index is 1150. The molecule has 8 heteroatoms. The Hall–Kier alpha value is -3.23. The second-order valence-corrected chi connectivity index (χ2v) is 8.86. The molecule has 32 heavy (non-hydrogen) atoms. The van der Waals surface area contributed by atoms with Gasteiger partial charge in [0.2, 0.25) is 0 Å². The Kier molecular flexibility index (Phi) is 6.13. The van der Waals surface area contributed by atoms with Crippen molar-refractivity contribution < 1.29 is 9.47 Å². The van der Waals surface area contributed by atoms with Crippen LogP contribution in [0.25, 0.3) is 10.2 Å². The molecule has 1 saturated heterocycles. The van der Waals surface area contributed by atoms with Crippen LogP contribution in [-0.4, -0.2) is 41.8 Å². The molecule has 1 unspecified atom stereocenters. The average Bonchev–Trinajstić information content (AvgIpc) is 3.23. The Morgan fingerprint density at radius 3 is 2.78 bits per heavy atom. The molecule has 1 aliphatic rings. The summed E-state index contributed by atoms with van der Waals surface area (Å²) in [4.78, 5) is 15.9. The Morgan fingerprint density at radius 1 is 1.09 bits per heavy atom. The van der Waals surface area contributed by atoms with Gasteiger partial charge in [0.15, 0.2) is 10.9 Å². The summed E-state index contributed by atoms with van der Waals surface area (Å²) in [5.74, 6) is 2.52. The summed E-state index contributed by atoms with van der Waals surface area (Å²) >= 11 is 1.63. The van der Waals surface area contributed by atoms with Crippen LogP contribution in [0.2, 0.25) is 0 Å². The molecule has 164 valence electrons. The average molecular weight is 448 g/mol. The molecule has 2 aromatic carbocycles. The van der Waals surface area contributed by atoms with E-state index in [1.54, 1.807) is 30.8 Å². The number of aromatic nitrogens is 3. The van der Waals surface area contributed by atoms with Gasteiger partial charge in [-0.05, 0) is 55.2 Å². The molecule has 1 fully saturated rings. The molecule has 1 atom stereocenters. The number of hydrogen-bond acceptors (Lipinski definition) is 8. The molecule has 0 spiro atoms. The molecule has 4 aromatic rings. The Morgan fingerprint density at radius 2 is 1.94 bits per heavy atom. The zero-order valence-corrected chi connectivity index (χ0v) is 18.7. The minimum Gasteiger partial charge on any atom is -0.436 e. The number of nitrogens with one attached hydrogen (secondary N) is 1. The van der Waals surface area contributed by atoms with Gasteiger partial charge in [-0.15, -0.1) is 0 Å². The number of rotatable bonds is 7. The van der Waals surface area contributed by atoms with Crippen LogP contribution in [0.1, 0.15) is 12.8 Å². The fraction of sp³-hybridized carbons (Fsp3) is 0.292. The highest BCUT2D eigenvalue weighted by molar-refractivity contribution is 7.22. The molecule has 0 saturated carbocycles. The van der Waals surface area contributed by atoms with E-state index in [2.05, 4.69) is 31.2 Å². The van der Waals surface area contributed by atoms with Crippen molar-refractivity contribution in [2.45, 2.75) is 12.8 Å². The lowest BCUT2D eigenvalue weighted by atomic mass is 9.99. The number of anilines is 3. The monoisotopic (exact) mass is 447 g/mol. The minimum atomic E-state index is 0.497. The maximum absolute atomic E-state index is 6.12. The number of nitrogens with zero attached hydrogens (tertiary/aromatic N) is 4. The summed E-state index contributed by atoms with van der Waals surface area (Å²) < 4.78 is 12.6. The van der Waals surface area contributed by atoms with Gasteiger partial charge in [0, 0.05) is 38.3 Å². The SMILES string of the molecule is COCC1CCCN(c2nccnc2Oc2ccc(Nc3nc4ccccc4s3)cc2)C1. The predicted octanol–water partition coefficient (Wildman–Crippen LogP) is 5.49. The number of hydrogen-bond donors (Lipinski definition) is 1. The molecular weight excluding hydrogens is 422 g/mol. The third-order valence-electron chi connectivity index (χ3n) is 5.48. The topological polar surface area (TPSA) is 72.4 Å². The van der Waals surface area contributed by atoms with Crippen molar-refractivity contribution in [1.29, 1.82) is 0 Å². The van der Waals surface area contributed by atoms with E-state index in [1.165, 1.54) is 6.42 Å². The quantitative estimate of drug-likeness (QED) is 0.402. The minimum absolute atomic E-state index is 0.497. The molecule has 1 aliphatic heterocycles. The number of benzene rings is 2. The van der Waals surface area contributed by atoms with E-state index in [0.29, 0.717) is 17.5 Å². The molecule has 0 amide bonds. The van der Waals surface area contributed by atoms with E-state index < -0.39 is 0 Å². The predicted molar refractivity (Wildman–Crippen MR) is 128 cm³/mol. The van der Waals surface area contributed by atoms with Crippen LogP contribution in [0.15, 0.2) is 60.9 Å². The number of thiazole rings is 1. The first-order chi connectivity index (χ1) is 15.8. The van der Waals surface area contributed by atoms with Gasteiger partial charge >= 0.3 is 0 Å². The van der Waals surface area contributed by atoms with Crippen LogP contribution in [0.3, 0.4) is 0 Å². The number of fused-ring (bicyclic) bond motifs is 1. The molecule has 3 heterocycles. The summed E-state index contributed by atoms with van der Waals surface area (Å²) in [6.07, 6.45) is 5.66. The fourth-order valence-electron chi connectivity index (χ4n) is 4.00. The highest BCUT2D eigenvalue weighted by atomic mass is 32.1. The van der Waals surface area contributed by atoms with Gasteiger partial charge in [-0.1, -0.05) is 23.5 Å². The second-order valence-electron chi connectivity index (χ2n) is 7.83. The number of ether oxygens (including phenoxy) is 2. The number of piperidine rings is 1. The molecule has 0 aliphatic carbocycles. The van der Waals surface area contributed by atoms with Crippen LogP contribution in [0.4, 0.5) is 16.6 Å². The summed E-state index contributed by atoms with van der Waals surface area (Å²) in [6.45, 7) is 2.60. The smallest absolute Gasteiger partial charge is 0.263 e. The number of para-hydroxylation sites is 1. The second kappa shape index (κ2) is 9.50. The molecular formula is C24H25N5O2S. The van der Waals surface area contributed by atoms with Crippen molar-refractivity contribution in [1.82, 2.24) is 15.0 Å². The van der Waals surface area contributed by atoms with E-state index in [0.717, 1.165) is 53.0 Å². The van der Waals surface area contributed by atoms with E-state index in [-0.39, 0.29) is 0 Å². The first kappa shape index (κ1) is 20.7. The molecule has 1 N–H and O–H groups in total. The van der Waals surface area contributed by atoms with E-state index in [1.807, 2.05) is 42.5 Å². The summed E-state index contributed by atoms with van der Waals surface area (Å²) in [7, 11) is 1.76. The van der Waals surface area contributed by atoms with Gasteiger partial charge in [-0.25, -0.2) is 15.0 Å². The molecule has 7 nitrogen and oxygen atoms in total. The Balaban J connectivity index is 1.28. The third kappa shape index (κ3) is 4.66. The van der Waals surface area contributed by atoms with Crippen LogP contribution in [0.5, 0.6) is 11.6 Å². The van der Waals surface area contributed by atoms with E-state index in [9.17, 15) is 0 Å². The largest absolute Gasteiger partial charge is 0.436 e. The number of methoxy groups -OCH3 is 1. The van der Waals surface area contributed by atoms with Crippen molar-refractivity contribution in [3.05, 3.63) is 60.9 Å². The lowest BCUT2D eigenvalue weighted by Gasteiger charge is -2.33. The highest BCUT2D eigenvalue weighted by Gasteiger charge is 2.24. The zero-order chi connectivity index (χ0) is 21.8. The highest BCUT2D eigenvalue weighted by Crippen LogP contribution is 2.32. The zero-order valence-electron chi connectivity index (χ0n) is 17.9. The van der Waals surface area contributed by atoms with Gasteiger partial charge in [0.25, 0.3) is 5.88 Å². The van der Waals surface area contributed by atoms with Crippen LogP contribution < -0.4 is 15.0 Å². The van der Waals surface area contributed by atoms with Crippen LogP contribution in [0, 0.1) is 5.92 Å². The maximum Gasteiger partial charge on any atom is 0.263 e. The van der Waals surface area contributed by atoms with E-state index >= 15 is 0 Å². The summed E-state index contributed by atoms with van der Waals surface area (Å²) in [5, 5.41) is 4.24. The fourth-order valence-corrected chi connectivity index (χ4v) is 4.89. The third-order valence-corrected chi connectivity index (χ3v) is 6.43. The molecule has 0 bridgehead atoms. The van der Waals surface area contributed by atoms with Crippen molar-refractivity contribution in [2.24, 2.45) is 5.92 Å². The van der Waals surface area contributed by atoms with Crippen LogP contribution in [-0.2, 0) is 4.74 Å². The van der Waals surface area contributed by atoms with Crippen molar-refractivity contribution in [3.8, 4) is 11.6 Å². The molecule has 0 radical (unpaired) electrons. The van der Waals surface area contributed by atoms with Gasteiger partial charge in [0.05, 0.1) is 16.8 Å². The molecule has 2 aromatic heterocycles. The van der Waals surface area contributed by atoms with Crippen molar-refractivity contribution >= 4 is 38.2 Å². The van der Waals surface area contributed by atoms with E-state index in [4.69, 9.17) is 9.47 Å². The van der Waals surface area contributed by atoms with Gasteiger partial charge in [-0.3, -0.25) is 0 Å². The van der Waals surface area contributed by atoms with Crippen molar-refractivity contribution in [3.63, 3.8) is 0 Å². The van der Waals surface area contributed by atoms with Gasteiger partial charge in [0.1, 0.15) is 5.75 Å². The summed E-state index contributed by atoms with van der Waals surface area (Å²) in [5.41, 5.74) is 1.95. The lowest BCUT2D eigenvalue weighted by molar-refractivity contribution is 0.143. The summed E-state index contributed by atoms with van der Waals surface area (Å²) in [6, 6.07) is 15.9. The first-order valence-electron chi connectivity index (χ1n) is 10.7. The maximum atomic E-state index is 6.12. The lowest BCUT2D eigenvalue weighted by Crippen LogP contribution is -2.37. The van der Waals surface area contributed by atoms with Crippen LogP contribution >= 0.6 is 11.3 Å². The standard InChI is InChI=1S/C24H25N5O2S/c1-30-16-17-5-4-14-29(15-17)22-23(26-13-12-25-22)31-19-10-8-18(9-11-19)27-24-28-20-6-2-3-7-21(20)32-24/h2-3,6-13,17H,4-5,14-16H2,1H3,(H,27,28). The first-order valence-corrected chi connectivity index (χ1v) is 11.6. The Labute approximate surface area is 191 Å². The van der Waals surface area contributed by atoms with Gasteiger partial charge in [-0.2, -0.15) is 0 Å². The van der Waals surface area contributed by atoms with Gasteiger partial charge < -0.3 is 19.7 Å². The molecule has 5 rings (SSSR count). The van der Waals surface area contributed by atoms with Crippen molar-refractivity contribution in [2.75, 3.05) is 37.0 Å².